The Morgan fingerprint density at radius 1 is 1.22 bits per heavy atom. The number of hydrogen-bond donors (Lipinski definition) is 1. The molecule has 1 aromatic carbocycles. The molecule has 27 heavy (non-hydrogen) atoms. The van der Waals surface area contributed by atoms with Gasteiger partial charge in [0.2, 0.25) is 0 Å². The molecule has 7 nitrogen and oxygen atoms in total. The van der Waals surface area contributed by atoms with Crippen molar-refractivity contribution in [2.45, 2.75) is 26.0 Å². The minimum Gasteiger partial charge on any atom is -0.497 e. The molecule has 1 aliphatic rings. The van der Waals surface area contributed by atoms with Gasteiger partial charge < -0.3 is 19.2 Å². The molecule has 0 bridgehead atoms. The number of anilines is 1. The van der Waals surface area contributed by atoms with E-state index in [1.165, 1.54) is 12.8 Å². The van der Waals surface area contributed by atoms with Crippen LogP contribution in [0.5, 0.6) is 11.5 Å². The van der Waals surface area contributed by atoms with Crippen molar-refractivity contribution < 1.29 is 18.7 Å². The van der Waals surface area contributed by atoms with Gasteiger partial charge in [-0.3, -0.25) is 9.48 Å². The predicted molar refractivity (Wildman–Crippen MR) is 98.9 cm³/mol. The van der Waals surface area contributed by atoms with Crippen LogP contribution in [0, 0.1) is 5.92 Å². The average molecular weight is 367 g/mol. The second-order valence-corrected chi connectivity index (χ2v) is 6.58. The number of furan rings is 1. The molecule has 1 aliphatic carbocycles. The van der Waals surface area contributed by atoms with Gasteiger partial charge in [0.15, 0.2) is 5.76 Å². The number of aromatic nitrogens is 2. The zero-order valence-corrected chi connectivity index (χ0v) is 15.1. The van der Waals surface area contributed by atoms with Crippen LogP contribution in [0.15, 0.2) is 53.2 Å². The summed E-state index contributed by atoms with van der Waals surface area (Å²) in [4.78, 5) is 12.3. The molecular weight excluding hydrogens is 346 g/mol. The van der Waals surface area contributed by atoms with E-state index >= 15 is 0 Å². The van der Waals surface area contributed by atoms with Gasteiger partial charge in [-0.15, -0.1) is 0 Å². The smallest absolute Gasteiger partial charge is 0.291 e. The summed E-state index contributed by atoms with van der Waals surface area (Å²) in [6.45, 7) is 1.14. The predicted octanol–water partition coefficient (Wildman–Crippen LogP) is 3.73. The van der Waals surface area contributed by atoms with E-state index in [4.69, 9.17) is 13.9 Å². The average Bonchev–Trinajstić information content (AvgIpc) is 3.18. The lowest BCUT2D eigenvalue weighted by Crippen LogP contribution is -2.10. The molecule has 1 amide bonds. The molecule has 1 N–H and O–H groups in total. The molecule has 7 heteroatoms. The molecule has 3 aromatic rings. The summed E-state index contributed by atoms with van der Waals surface area (Å²) in [5, 5.41) is 7.07. The Bertz CT molecular complexity index is 909. The topological polar surface area (TPSA) is 78.5 Å². The van der Waals surface area contributed by atoms with Crippen molar-refractivity contribution in [2.75, 3.05) is 12.4 Å². The highest BCUT2D eigenvalue weighted by molar-refractivity contribution is 6.02. The second-order valence-electron chi connectivity index (χ2n) is 6.58. The number of hydrogen-bond acceptors (Lipinski definition) is 5. The molecule has 1 fully saturated rings. The first-order valence-electron chi connectivity index (χ1n) is 8.89. The molecule has 0 saturated heterocycles. The van der Waals surface area contributed by atoms with Gasteiger partial charge >= 0.3 is 0 Å². The zero-order valence-electron chi connectivity index (χ0n) is 15.1. The highest BCUT2D eigenvalue weighted by atomic mass is 16.5. The molecular formula is C20H21N3O4. The van der Waals surface area contributed by atoms with Gasteiger partial charge in [0.25, 0.3) is 5.91 Å². The van der Waals surface area contributed by atoms with Gasteiger partial charge in [0.05, 0.1) is 19.0 Å². The first-order valence-corrected chi connectivity index (χ1v) is 8.89. The fourth-order valence-corrected chi connectivity index (χ4v) is 2.69. The molecule has 140 valence electrons. The van der Waals surface area contributed by atoms with Gasteiger partial charge in [-0.25, -0.2) is 0 Å². The lowest BCUT2D eigenvalue weighted by atomic mass is 10.3. The Balaban J connectivity index is 1.30. The van der Waals surface area contributed by atoms with Crippen molar-refractivity contribution in [2.24, 2.45) is 5.92 Å². The van der Waals surface area contributed by atoms with E-state index in [-0.39, 0.29) is 18.3 Å². The summed E-state index contributed by atoms with van der Waals surface area (Å²) in [6, 6.07) is 10.6. The highest BCUT2D eigenvalue weighted by Crippen LogP contribution is 2.30. The molecule has 1 saturated carbocycles. The third kappa shape index (κ3) is 4.49. The minimum absolute atomic E-state index is 0.235. The summed E-state index contributed by atoms with van der Waals surface area (Å²) in [6.07, 6.45) is 6.01. The molecule has 0 unspecified atom stereocenters. The van der Waals surface area contributed by atoms with Crippen molar-refractivity contribution in [3.05, 3.63) is 60.3 Å². The molecule has 2 heterocycles. The van der Waals surface area contributed by atoms with Crippen molar-refractivity contribution in [1.82, 2.24) is 9.78 Å². The summed E-state index contributed by atoms with van der Waals surface area (Å²) < 4.78 is 18.2. The molecule has 0 atom stereocenters. The van der Waals surface area contributed by atoms with E-state index < -0.39 is 0 Å². The Morgan fingerprint density at radius 3 is 2.74 bits per heavy atom. The van der Waals surface area contributed by atoms with Crippen LogP contribution >= 0.6 is 0 Å². The molecule has 2 aromatic heterocycles. The highest BCUT2D eigenvalue weighted by Gasteiger charge is 2.22. The van der Waals surface area contributed by atoms with Gasteiger partial charge in [-0.2, -0.15) is 5.10 Å². The monoisotopic (exact) mass is 367 g/mol. The molecule has 0 spiro atoms. The number of amides is 1. The van der Waals surface area contributed by atoms with Crippen molar-refractivity contribution >= 4 is 11.6 Å². The summed E-state index contributed by atoms with van der Waals surface area (Å²) in [5.41, 5.74) is 0.660. The maximum Gasteiger partial charge on any atom is 0.291 e. The Kier molecular flexibility index (Phi) is 4.82. The quantitative estimate of drug-likeness (QED) is 0.656. The van der Waals surface area contributed by atoms with Gasteiger partial charge in [-0.05, 0) is 55.2 Å². The Labute approximate surface area is 156 Å². The van der Waals surface area contributed by atoms with E-state index in [2.05, 4.69) is 10.4 Å². The number of carbonyl (C=O) groups excluding carboxylic acids is 1. The van der Waals surface area contributed by atoms with E-state index in [1.807, 2.05) is 35.1 Å². The van der Waals surface area contributed by atoms with Gasteiger partial charge in [0, 0.05) is 12.7 Å². The number of ether oxygens (including phenoxy) is 2. The Morgan fingerprint density at radius 2 is 2.00 bits per heavy atom. The van der Waals surface area contributed by atoms with Crippen LogP contribution in [0.25, 0.3) is 0 Å². The van der Waals surface area contributed by atoms with Crippen LogP contribution < -0.4 is 14.8 Å². The molecule has 0 aliphatic heterocycles. The maximum atomic E-state index is 12.3. The fourth-order valence-electron chi connectivity index (χ4n) is 2.69. The minimum atomic E-state index is -0.309. The number of methoxy groups -OCH3 is 1. The number of nitrogens with zero attached hydrogens (tertiary/aromatic N) is 2. The summed E-state index contributed by atoms with van der Waals surface area (Å²) >= 11 is 0. The largest absolute Gasteiger partial charge is 0.497 e. The Hall–Kier alpha value is -3.22. The number of rotatable bonds is 8. The SMILES string of the molecule is COc1ccc(OCc2ccc(C(=O)Nc3cnn(CC4CC4)c3)o2)cc1. The van der Waals surface area contributed by atoms with Crippen LogP contribution in [-0.2, 0) is 13.2 Å². The number of benzene rings is 1. The van der Waals surface area contributed by atoms with Crippen molar-refractivity contribution in [3.63, 3.8) is 0 Å². The maximum absolute atomic E-state index is 12.3. The fraction of sp³-hybridized carbons (Fsp3) is 0.300. The number of carbonyl (C=O) groups is 1. The molecule has 0 radical (unpaired) electrons. The van der Waals surface area contributed by atoms with E-state index in [9.17, 15) is 4.79 Å². The van der Waals surface area contributed by atoms with Gasteiger partial charge in [0.1, 0.15) is 23.9 Å². The van der Waals surface area contributed by atoms with Crippen LogP contribution in [0.4, 0.5) is 5.69 Å². The standard InChI is InChI=1S/C20H21N3O4/c1-25-16-4-6-17(7-5-16)26-13-18-8-9-19(27-18)20(24)22-15-10-21-23(12-15)11-14-2-3-14/h4-10,12,14H,2-3,11,13H2,1H3,(H,22,24). The van der Waals surface area contributed by atoms with E-state index in [0.29, 0.717) is 17.2 Å². The van der Waals surface area contributed by atoms with Crippen LogP contribution in [0.3, 0.4) is 0 Å². The first kappa shape index (κ1) is 17.2. The first-order chi connectivity index (χ1) is 13.2. The van der Waals surface area contributed by atoms with E-state index in [0.717, 1.165) is 18.2 Å². The normalized spacial score (nSPS) is 13.4. The van der Waals surface area contributed by atoms with Crippen LogP contribution in [-0.4, -0.2) is 22.8 Å². The third-order valence-electron chi connectivity index (χ3n) is 4.36. The van der Waals surface area contributed by atoms with Crippen LogP contribution in [0.2, 0.25) is 0 Å². The van der Waals surface area contributed by atoms with Crippen molar-refractivity contribution in [3.8, 4) is 11.5 Å². The zero-order chi connectivity index (χ0) is 18.6. The molecule has 4 rings (SSSR count). The lowest BCUT2D eigenvalue weighted by molar-refractivity contribution is 0.0992. The summed E-state index contributed by atoms with van der Waals surface area (Å²) in [5.74, 6) is 2.68. The van der Waals surface area contributed by atoms with Crippen LogP contribution in [0.1, 0.15) is 29.2 Å². The van der Waals surface area contributed by atoms with Gasteiger partial charge in [-0.1, -0.05) is 0 Å². The van der Waals surface area contributed by atoms with E-state index in [1.54, 1.807) is 25.4 Å². The number of nitrogens with one attached hydrogen (secondary N) is 1. The summed E-state index contributed by atoms with van der Waals surface area (Å²) in [7, 11) is 1.61. The lowest BCUT2D eigenvalue weighted by Gasteiger charge is -2.05. The second kappa shape index (κ2) is 7.57. The third-order valence-corrected chi connectivity index (χ3v) is 4.36. The van der Waals surface area contributed by atoms with Crippen molar-refractivity contribution in [1.29, 1.82) is 0 Å².